The zero-order chi connectivity index (χ0) is 15.2. The lowest BCUT2D eigenvalue weighted by Gasteiger charge is -2.23. The highest BCUT2D eigenvalue weighted by atomic mass is 19.1. The lowest BCUT2D eigenvalue weighted by molar-refractivity contribution is -0.0504. The number of fused-ring (bicyclic) bond motifs is 1. The Bertz CT molecular complexity index is 781. The van der Waals surface area contributed by atoms with E-state index in [9.17, 15) is 14.3 Å². The molecule has 2 aromatic heterocycles. The van der Waals surface area contributed by atoms with Gasteiger partial charge in [-0.15, -0.1) is 6.42 Å². The Kier molecular flexibility index (Phi) is 3.02. The van der Waals surface area contributed by atoms with E-state index in [1.165, 1.54) is 0 Å². The molecule has 0 bridgehead atoms. The van der Waals surface area contributed by atoms with Gasteiger partial charge in [0.25, 0.3) is 5.56 Å². The maximum Gasteiger partial charge on any atom is 0.278 e. The number of imidazole rings is 1. The predicted molar refractivity (Wildman–Crippen MR) is 67.8 cm³/mol. The molecule has 1 saturated heterocycles. The number of nitrogens with one attached hydrogen (secondary N) is 1. The van der Waals surface area contributed by atoms with E-state index in [1.807, 2.05) is 5.92 Å². The van der Waals surface area contributed by atoms with E-state index in [2.05, 4.69) is 15.0 Å². The van der Waals surface area contributed by atoms with Crippen LogP contribution in [0.25, 0.3) is 11.2 Å². The zero-order valence-corrected chi connectivity index (χ0v) is 10.6. The topological polar surface area (TPSA) is 113 Å². The number of halogens is 1. The summed E-state index contributed by atoms with van der Waals surface area (Å²) in [5.74, 6) is 1.86. The van der Waals surface area contributed by atoms with E-state index in [0.29, 0.717) is 0 Å². The summed E-state index contributed by atoms with van der Waals surface area (Å²) in [4.78, 5) is 21.7. The second kappa shape index (κ2) is 4.63. The number of aliphatic hydroxyl groups is 2. The van der Waals surface area contributed by atoms with Crippen molar-refractivity contribution in [1.82, 2.24) is 19.5 Å². The molecule has 21 heavy (non-hydrogen) atoms. The number of alkyl halides is 1. The van der Waals surface area contributed by atoms with Crippen molar-refractivity contribution in [3.05, 3.63) is 23.0 Å². The number of terminal acetylenes is 1. The van der Waals surface area contributed by atoms with Crippen LogP contribution in [0, 0.1) is 12.3 Å². The monoisotopic (exact) mass is 294 g/mol. The van der Waals surface area contributed by atoms with Gasteiger partial charge in [0.05, 0.1) is 19.3 Å². The smallest absolute Gasteiger partial charge is 0.278 e. The van der Waals surface area contributed by atoms with Crippen molar-refractivity contribution in [3.63, 3.8) is 0 Å². The Morgan fingerprint density at radius 3 is 3.05 bits per heavy atom. The van der Waals surface area contributed by atoms with Crippen molar-refractivity contribution >= 4 is 11.2 Å². The SMILES string of the molecule is C#CC1(F)C(n2cnc3c(=O)[nH]cnc32)O[C@H](CO)[C@@H]1O. The third kappa shape index (κ3) is 1.77. The molecule has 2 aromatic rings. The molecule has 0 amide bonds. The maximum absolute atomic E-state index is 14.8. The lowest BCUT2D eigenvalue weighted by Crippen LogP contribution is -2.42. The molecule has 2 unspecified atom stereocenters. The fourth-order valence-corrected chi connectivity index (χ4v) is 2.36. The average Bonchev–Trinajstić information content (AvgIpc) is 3.01. The zero-order valence-electron chi connectivity index (χ0n) is 10.6. The highest BCUT2D eigenvalue weighted by Gasteiger charge is 2.57. The summed E-state index contributed by atoms with van der Waals surface area (Å²) in [5, 5.41) is 19.0. The summed E-state index contributed by atoms with van der Waals surface area (Å²) in [6.07, 6.45) is 3.11. The first-order valence-corrected chi connectivity index (χ1v) is 6.04. The molecular weight excluding hydrogens is 283 g/mol. The number of nitrogens with zero attached hydrogens (tertiary/aromatic N) is 3. The fourth-order valence-electron chi connectivity index (χ4n) is 2.36. The number of ether oxygens (including phenoxy) is 1. The van der Waals surface area contributed by atoms with Crippen LogP contribution in [-0.4, -0.2) is 54.2 Å². The molecule has 110 valence electrons. The van der Waals surface area contributed by atoms with Crippen LogP contribution < -0.4 is 5.56 Å². The van der Waals surface area contributed by atoms with E-state index in [4.69, 9.17) is 16.3 Å². The largest absolute Gasteiger partial charge is 0.394 e. The van der Waals surface area contributed by atoms with Gasteiger partial charge >= 0.3 is 0 Å². The van der Waals surface area contributed by atoms with Gasteiger partial charge in [-0.25, -0.2) is 14.4 Å². The third-order valence-electron chi connectivity index (χ3n) is 3.46. The van der Waals surface area contributed by atoms with Gasteiger partial charge in [-0.2, -0.15) is 0 Å². The summed E-state index contributed by atoms with van der Waals surface area (Å²) >= 11 is 0. The number of hydrogen-bond donors (Lipinski definition) is 3. The summed E-state index contributed by atoms with van der Waals surface area (Å²) in [6, 6.07) is 0. The normalized spacial score (nSPS) is 32.4. The van der Waals surface area contributed by atoms with Gasteiger partial charge in [0.1, 0.15) is 12.2 Å². The summed E-state index contributed by atoms with van der Waals surface area (Å²) in [5.41, 5.74) is -3.03. The molecule has 4 atom stereocenters. The van der Waals surface area contributed by atoms with Crippen molar-refractivity contribution in [3.8, 4) is 12.3 Å². The van der Waals surface area contributed by atoms with Crippen LogP contribution in [0.3, 0.4) is 0 Å². The number of rotatable bonds is 2. The van der Waals surface area contributed by atoms with Gasteiger partial charge in [0.15, 0.2) is 17.4 Å². The Morgan fingerprint density at radius 1 is 1.62 bits per heavy atom. The number of hydrogen-bond acceptors (Lipinski definition) is 6. The first kappa shape index (κ1) is 13.7. The second-order valence-electron chi connectivity index (χ2n) is 4.62. The number of aliphatic hydroxyl groups excluding tert-OH is 2. The molecule has 1 aliphatic rings. The van der Waals surface area contributed by atoms with E-state index in [0.717, 1.165) is 17.2 Å². The van der Waals surface area contributed by atoms with E-state index in [-0.39, 0.29) is 11.2 Å². The molecule has 0 spiro atoms. The molecule has 1 aliphatic heterocycles. The summed E-state index contributed by atoms with van der Waals surface area (Å²) in [6.45, 7) is -0.605. The van der Waals surface area contributed by atoms with Gasteiger partial charge < -0.3 is 19.9 Å². The van der Waals surface area contributed by atoms with Crippen LogP contribution in [0.2, 0.25) is 0 Å². The first-order chi connectivity index (χ1) is 10.0. The molecule has 1 fully saturated rings. The van der Waals surface area contributed by atoms with E-state index < -0.39 is 36.3 Å². The Morgan fingerprint density at radius 2 is 2.38 bits per heavy atom. The predicted octanol–water partition coefficient (Wildman–Crippen LogP) is -1.29. The molecule has 3 heterocycles. The standard InChI is InChI=1S/C12H11FN4O4/c1-2-12(13)8(19)6(3-18)21-11(12)17-5-16-7-9(17)14-4-15-10(7)20/h1,4-6,8,11,18-19H,3H2,(H,14,15,20)/t6-,8+,11?,12?/m1/s1. The maximum atomic E-state index is 14.8. The highest BCUT2D eigenvalue weighted by Crippen LogP contribution is 2.41. The van der Waals surface area contributed by atoms with Crippen molar-refractivity contribution < 1.29 is 19.3 Å². The third-order valence-corrected chi connectivity index (χ3v) is 3.46. The minimum atomic E-state index is -2.58. The van der Waals surface area contributed by atoms with Crippen molar-refractivity contribution in [2.45, 2.75) is 24.1 Å². The highest BCUT2D eigenvalue weighted by molar-refractivity contribution is 5.69. The van der Waals surface area contributed by atoms with Gasteiger partial charge in [0, 0.05) is 0 Å². The van der Waals surface area contributed by atoms with Crippen LogP contribution >= 0.6 is 0 Å². The minimum absolute atomic E-state index is 0.0117. The van der Waals surface area contributed by atoms with Gasteiger partial charge in [-0.3, -0.25) is 9.36 Å². The molecule has 3 N–H and O–H groups in total. The van der Waals surface area contributed by atoms with Gasteiger partial charge in [-0.1, -0.05) is 5.92 Å². The number of H-pyrrole nitrogens is 1. The fraction of sp³-hybridized carbons (Fsp3) is 0.417. The Hall–Kier alpha value is -2.28. The molecule has 0 radical (unpaired) electrons. The second-order valence-corrected chi connectivity index (χ2v) is 4.62. The quantitative estimate of drug-likeness (QED) is 0.594. The van der Waals surface area contributed by atoms with Crippen LogP contribution in [0.5, 0.6) is 0 Å². The Labute approximate surface area is 117 Å². The van der Waals surface area contributed by atoms with Gasteiger partial charge in [-0.05, 0) is 0 Å². The molecule has 0 saturated carbocycles. The molecule has 9 heteroatoms. The van der Waals surface area contributed by atoms with Crippen molar-refractivity contribution in [2.75, 3.05) is 6.61 Å². The summed E-state index contributed by atoms with van der Waals surface area (Å²) in [7, 11) is 0. The Balaban J connectivity index is 2.16. The van der Waals surface area contributed by atoms with Crippen molar-refractivity contribution in [1.29, 1.82) is 0 Å². The molecule has 3 rings (SSSR count). The summed E-state index contributed by atoms with van der Waals surface area (Å²) < 4.78 is 21.2. The van der Waals surface area contributed by atoms with Crippen LogP contribution in [0.4, 0.5) is 4.39 Å². The minimum Gasteiger partial charge on any atom is -0.394 e. The lowest BCUT2D eigenvalue weighted by atomic mass is 9.97. The van der Waals surface area contributed by atoms with E-state index >= 15 is 0 Å². The van der Waals surface area contributed by atoms with Crippen molar-refractivity contribution in [2.24, 2.45) is 0 Å². The van der Waals surface area contributed by atoms with Crippen LogP contribution in [0.1, 0.15) is 6.23 Å². The number of aromatic amines is 1. The van der Waals surface area contributed by atoms with E-state index in [1.54, 1.807) is 0 Å². The molecule has 0 aromatic carbocycles. The molecular formula is C12H11FN4O4. The first-order valence-electron chi connectivity index (χ1n) is 6.04. The molecule has 8 nitrogen and oxygen atoms in total. The number of aromatic nitrogens is 4. The average molecular weight is 294 g/mol. The van der Waals surface area contributed by atoms with Crippen LogP contribution in [0.15, 0.2) is 17.4 Å². The molecule has 0 aliphatic carbocycles. The van der Waals surface area contributed by atoms with Gasteiger partial charge in [0.2, 0.25) is 5.67 Å². The van der Waals surface area contributed by atoms with Crippen LogP contribution in [-0.2, 0) is 4.74 Å².